The summed E-state index contributed by atoms with van der Waals surface area (Å²) < 4.78 is 32.2. The fourth-order valence-corrected chi connectivity index (χ4v) is 3.55. The summed E-state index contributed by atoms with van der Waals surface area (Å²) in [6, 6.07) is 5.14. The largest absolute Gasteiger partial charge is 0.495 e. The van der Waals surface area contributed by atoms with Gasteiger partial charge in [-0.2, -0.15) is 0 Å². The second-order valence-corrected chi connectivity index (χ2v) is 6.39. The molecule has 0 amide bonds. The summed E-state index contributed by atoms with van der Waals surface area (Å²) in [7, 11) is -2.08. The van der Waals surface area contributed by atoms with Crippen molar-refractivity contribution in [2.75, 3.05) is 7.11 Å². The maximum absolute atomic E-state index is 12.2. The average molecular weight is 270 g/mol. The number of aryl methyl sites for hydroxylation is 1. The summed E-state index contributed by atoms with van der Waals surface area (Å²) >= 11 is 0. The molecule has 1 aromatic carbocycles. The number of methoxy groups -OCH3 is 1. The zero-order chi connectivity index (χ0) is 13.3. The zero-order valence-electron chi connectivity index (χ0n) is 10.5. The highest BCUT2D eigenvalue weighted by atomic mass is 32.2. The van der Waals surface area contributed by atoms with E-state index in [-0.39, 0.29) is 17.0 Å². The van der Waals surface area contributed by atoms with Crippen LogP contribution in [-0.4, -0.2) is 27.6 Å². The fourth-order valence-electron chi connectivity index (χ4n) is 2.03. The van der Waals surface area contributed by atoms with E-state index < -0.39 is 10.0 Å². The van der Waals surface area contributed by atoms with E-state index >= 15 is 0 Å². The Labute approximate surface area is 107 Å². The van der Waals surface area contributed by atoms with Crippen molar-refractivity contribution in [3.05, 3.63) is 23.8 Å². The van der Waals surface area contributed by atoms with Gasteiger partial charge in [0, 0.05) is 12.1 Å². The number of hydrogen-bond donors (Lipinski definition) is 2. The second-order valence-electron chi connectivity index (χ2n) is 4.70. The van der Waals surface area contributed by atoms with Gasteiger partial charge in [-0.3, -0.25) is 0 Å². The summed E-state index contributed by atoms with van der Waals surface area (Å²) in [4.78, 5) is 0.186. The number of nitrogens with one attached hydrogen (secondary N) is 1. The lowest BCUT2D eigenvalue weighted by molar-refractivity contribution is 0.326. The molecule has 5 nitrogen and oxygen atoms in total. The fraction of sp³-hybridized carbons (Fsp3) is 0.500. The molecule has 0 spiro atoms. The van der Waals surface area contributed by atoms with E-state index in [2.05, 4.69) is 4.72 Å². The molecule has 0 aliphatic heterocycles. The van der Waals surface area contributed by atoms with Crippen molar-refractivity contribution in [1.29, 1.82) is 0 Å². The van der Waals surface area contributed by atoms with Gasteiger partial charge < -0.3 is 10.5 Å². The van der Waals surface area contributed by atoms with E-state index in [1.54, 1.807) is 12.1 Å². The molecule has 1 aromatic rings. The lowest BCUT2D eigenvalue weighted by Crippen LogP contribution is -2.50. The third-order valence-electron chi connectivity index (χ3n) is 3.10. The van der Waals surface area contributed by atoms with Crippen molar-refractivity contribution in [3.63, 3.8) is 0 Å². The van der Waals surface area contributed by atoms with Crippen molar-refractivity contribution in [2.24, 2.45) is 5.73 Å². The lowest BCUT2D eigenvalue weighted by atomic mass is 9.89. The van der Waals surface area contributed by atoms with Crippen molar-refractivity contribution in [2.45, 2.75) is 36.7 Å². The Bertz CT molecular complexity index is 536. The lowest BCUT2D eigenvalue weighted by Gasteiger charge is -2.32. The Morgan fingerprint density at radius 1 is 1.39 bits per heavy atom. The Kier molecular flexibility index (Phi) is 3.61. The predicted molar refractivity (Wildman–Crippen MR) is 69.0 cm³/mol. The molecule has 0 saturated heterocycles. The molecule has 0 radical (unpaired) electrons. The summed E-state index contributed by atoms with van der Waals surface area (Å²) in [5, 5.41) is 0. The molecule has 18 heavy (non-hydrogen) atoms. The molecule has 100 valence electrons. The highest BCUT2D eigenvalue weighted by Gasteiger charge is 2.31. The van der Waals surface area contributed by atoms with Gasteiger partial charge in [0.1, 0.15) is 10.6 Å². The molecule has 1 fully saturated rings. The van der Waals surface area contributed by atoms with E-state index in [1.807, 2.05) is 13.0 Å². The Morgan fingerprint density at radius 2 is 2.06 bits per heavy atom. The minimum atomic E-state index is -3.54. The maximum Gasteiger partial charge on any atom is 0.244 e. The van der Waals surface area contributed by atoms with Gasteiger partial charge in [-0.15, -0.1) is 0 Å². The Hall–Kier alpha value is -1.11. The molecular weight excluding hydrogens is 252 g/mol. The number of nitrogens with two attached hydrogens (primary N) is 1. The van der Waals surface area contributed by atoms with Crippen LogP contribution in [0.3, 0.4) is 0 Å². The van der Waals surface area contributed by atoms with Crippen LogP contribution >= 0.6 is 0 Å². The molecule has 3 N–H and O–H groups in total. The van der Waals surface area contributed by atoms with Crippen LogP contribution in [0.25, 0.3) is 0 Å². The summed E-state index contributed by atoms with van der Waals surface area (Å²) in [6.07, 6.45) is 1.38. The number of rotatable bonds is 4. The van der Waals surface area contributed by atoms with Crippen LogP contribution in [0.5, 0.6) is 5.75 Å². The molecule has 2 rings (SSSR count). The molecule has 0 atom stereocenters. The molecule has 0 heterocycles. The van der Waals surface area contributed by atoms with Crippen LogP contribution in [0.15, 0.2) is 23.1 Å². The van der Waals surface area contributed by atoms with E-state index in [4.69, 9.17) is 10.5 Å². The first kappa shape index (κ1) is 13.3. The molecular formula is C12H18N2O3S. The van der Waals surface area contributed by atoms with Crippen molar-refractivity contribution in [1.82, 2.24) is 4.72 Å². The number of ether oxygens (including phenoxy) is 1. The van der Waals surface area contributed by atoms with Crippen molar-refractivity contribution < 1.29 is 13.2 Å². The van der Waals surface area contributed by atoms with Gasteiger partial charge in [0.25, 0.3) is 0 Å². The maximum atomic E-state index is 12.2. The molecule has 0 unspecified atom stereocenters. The first-order chi connectivity index (χ1) is 8.42. The molecule has 0 bridgehead atoms. The first-order valence-electron chi connectivity index (χ1n) is 5.85. The first-order valence-corrected chi connectivity index (χ1v) is 7.33. The van der Waals surface area contributed by atoms with Gasteiger partial charge in [0.05, 0.1) is 7.11 Å². The third kappa shape index (κ3) is 2.66. The monoisotopic (exact) mass is 270 g/mol. The number of sulfonamides is 1. The van der Waals surface area contributed by atoms with Gasteiger partial charge in [-0.05, 0) is 37.5 Å². The normalized spacial score (nSPS) is 23.5. The molecule has 1 aliphatic carbocycles. The number of benzene rings is 1. The predicted octanol–water partition coefficient (Wildman–Crippen LogP) is 0.772. The Morgan fingerprint density at radius 3 is 2.61 bits per heavy atom. The van der Waals surface area contributed by atoms with E-state index in [0.29, 0.717) is 18.6 Å². The van der Waals surface area contributed by atoms with Gasteiger partial charge in [-0.1, -0.05) is 6.07 Å². The summed E-state index contributed by atoms with van der Waals surface area (Å²) in [6.45, 7) is 1.84. The van der Waals surface area contributed by atoms with Crippen LogP contribution in [0.2, 0.25) is 0 Å². The van der Waals surface area contributed by atoms with Gasteiger partial charge in [-0.25, -0.2) is 13.1 Å². The quantitative estimate of drug-likeness (QED) is 0.847. The van der Waals surface area contributed by atoms with Crippen molar-refractivity contribution >= 4 is 10.0 Å². The zero-order valence-corrected chi connectivity index (χ0v) is 11.3. The van der Waals surface area contributed by atoms with Crippen molar-refractivity contribution in [3.8, 4) is 5.75 Å². The van der Waals surface area contributed by atoms with Gasteiger partial charge >= 0.3 is 0 Å². The minimum Gasteiger partial charge on any atom is -0.495 e. The highest BCUT2D eigenvalue weighted by Crippen LogP contribution is 2.27. The minimum absolute atomic E-state index is 0.0600. The third-order valence-corrected chi connectivity index (χ3v) is 4.65. The summed E-state index contributed by atoms with van der Waals surface area (Å²) in [5.74, 6) is 0.358. The molecule has 1 aliphatic rings. The topological polar surface area (TPSA) is 81.4 Å². The average Bonchev–Trinajstić information content (AvgIpc) is 2.26. The molecule has 0 aromatic heterocycles. The second kappa shape index (κ2) is 4.87. The SMILES string of the molecule is COc1ccc(C)cc1S(=O)(=O)NC1CC(N)C1. The molecule has 1 saturated carbocycles. The van der Waals surface area contributed by atoms with E-state index in [1.165, 1.54) is 7.11 Å². The van der Waals surface area contributed by atoms with Gasteiger partial charge in [0.15, 0.2) is 0 Å². The number of hydrogen-bond acceptors (Lipinski definition) is 4. The van der Waals surface area contributed by atoms with Crippen LogP contribution in [0.4, 0.5) is 0 Å². The van der Waals surface area contributed by atoms with Crippen LogP contribution in [-0.2, 0) is 10.0 Å². The smallest absolute Gasteiger partial charge is 0.244 e. The van der Waals surface area contributed by atoms with Crippen LogP contribution < -0.4 is 15.2 Å². The van der Waals surface area contributed by atoms with E-state index in [9.17, 15) is 8.42 Å². The highest BCUT2D eigenvalue weighted by molar-refractivity contribution is 7.89. The summed E-state index contributed by atoms with van der Waals surface area (Å²) in [5.41, 5.74) is 6.52. The van der Waals surface area contributed by atoms with Crippen LogP contribution in [0.1, 0.15) is 18.4 Å². The standard InChI is InChI=1S/C12H18N2O3S/c1-8-3-4-11(17-2)12(5-8)18(15,16)14-10-6-9(13)7-10/h3-5,9-10,14H,6-7,13H2,1-2H3. The Balaban J connectivity index is 2.26. The van der Waals surface area contributed by atoms with Gasteiger partial charge in [0.2, 0.25) is 10.0 Å². The van der Waals surface area contributed by atoms with Crippen LogP contribution in [0, 0.1) is 6.92 Å². The van der Waals surface area contributed by atoms with E-state index in [0.717, 1.165) is 5.56 Å². The molecule has 6 heteroatoms.